The smallest absolute Gasteiger partial charge is 0.193 e. The molecule has 2 aromatic carbocycles. The third-order valence-corrected chi connectivity index (χ3v) is 5.55. The molecule has 1 aromatic heterocycles. The summed E-state index contributed by atoms with van der Waals surface area (Å²) < 4.78 is 21.2. The third kappa shape index (κ3) is 3.50. The van der Waals surface area contributed by atoms with Gasteiger partial charge in [0, 0.05) is 17.5 Å². The molecular formula is C19H15ClFN3O2S. The Kier molecular flexibility index (Phi) is 4.75. The van der Waals surface area contributed by atoms with Crippen LogP contribution in [0.5, 0.6) is 0 Å². The molecule has 4 rings (SSSR count). The number of hydrogen-bond acceptors (Lipinski definition) is 5. The zero-order valence-electron chi connectivity index (χ0n) is 14.3. The summed E-state index contributed by atoms with van der Waals surface area (Å²) in [5.41, 5.74) is 0.894. The minimum Gasteiger partial charge on any atom is -0.354 e. The zero-order chi connectivity index (χ0) is 19.0. The van der Waals surface area contributed by atoms with Gasteiger partial charge in [0.15, 0.2) is 10.3 Å². The van der Waals surface area contributed by atoms with Crippen LogP contribution in [0.3, 0.4) is 0 Å². The Labute approximate surface area is 164 Å². The van der Waals surface area contributed by atoms with Crippen molar-refractivity contribution in [3.63, 3.8) is 0 Å². The second-order valence-electron chi connectivity index (χ2n) is 6.21. The minimum absolute atomic E-state index is 0.0838. The Hall–Kier alpha value is -2.22. The van der Waals surface area contributed by atoms with Crippen LogP contribution < -0.4 is 0 Å². The Balaban J connectivity index is 1.73. The molecule has 0 radical (unpaired) electrons. The van der Waals surface area contributed by atoms with E-state index in [-0.39, 0.29) is 17.0 Å². The monoisotopic (exact) mass is 403 g/mol. The highest BCUT2D eigenvalue weighted by atomic mass is 35.5. The van der Waals surface area contributed by atoms with Crippen molar-refractivity contribution in [3.05, 3.63) is 76.8 Å². The summed E-state index contributed by atoms with van der Waals surface area (Å²) in [5.74, 6) is -0.322. The van der Waals surface area contributed by atoms with Crippen LogP contribution in [0.15, 0.2) is 60.0 Å². The molecule has 5 nitrogen and oxygen atoms in total. The Morgan fingerprint density at radius 2 is 2.04 bits per heavy atom. The standard InChI is InChI=1S/C19H15ClFN3O2S/c1-12(25)27-18-22-11-23-24(18)10-19(13-6-8-14(21)9-7-13)17(26-19)15-4-2-3-5-16(15)20/h2-9,11,17H,10H2,1H3/t17-,19+/m1/s1. The summed E-state index contributed by atoms with van der Waals surface area (Å²) >= 11 is 7.36. The first-order valence-corrected chi connectivity index (χ1v) is 9.43. The molecule has 2 atom stereocenters. The molecule has 8 heteroatoms. The van der Waals surface area contributed by atoms with Crippen molar-refractivity contribution < 1.29 is 13.9 Å². The van der Waals surface area contributed by atoms with Crippen LogP contribution in [-0.4, -0.2) is 19.9 Å². The maximum Gasteiger partial charge on any atom is 0.193 e. The first kappa shape index (κ1) is 18.2. The summed E-state index contributed by atoms with van der Waals surface area (Å²) in [6, 6.07) is 13.6. The van der Waals surface area contributed by atoms with Crippen molar-refractivity contribution in [1.29, 1.82) is 0 Å². The van der Waals surface area contributed by atoms with Gasteiger partial charge < -0.3 is 4.74 Å². The average Bonchev–Trinajstić information content (AvgIpc) is 3.20. The highest BCUT2D eigenvalue weighted by molar-refractivity contribution is 8.13. The molecule has 138 valence electrons. The van der Waals surface area contributed by atoms with E-state index in [0.29, 0.717) is 16.7 Å². The average molecular weight is 404 g/mol. The van der Waals surface area contributed by atoms with Gasteiger partial charge in [-0.05, 0) is 35.5 Å². The molecule has 1 aliphatic rings. The van der Waals surface area contributed by atoms with Crippen LogP contribution in [0.25, 0.3) is 0 Å². The van der Waals surface area contributed by atoms with Crippen LogP contribution in [0.4, 0.5) is 4.39 Å². The summed E-state index contributed by atoms with van der Waals surface area (Å²) in [7, 11) is 0. The number of aromatic nitrogens is 3. The first-order chi connectivity index (χ1) is 13.0. The minimum atomic E-state index is -0.765. The van der Waals surface area contributed by atoms with E-state index in [1.54, 1.807) is 22.9 Å². The number of carbonyl (C=O) groups excluding carboxylic acids is 1. The summed E-state index contributed by atoms with van der Waals surface area (Å²) in [6.45, 7) is 1.80. The number of benzene rings is 2. The van der Waals surface area contributed by atoms with Gasteiger partial charge in [0.25, 0.3) is 0 Å². The van der Waals surface area contributed by atoms with Gasteiger partial charge in [0.05, 0.1) is 6.54 Å². The summed E-state index contributed by atoms with van der Waals surface area (Å²) in [4.78, 5) is 15.6. The number of thioether (sulfide) groups is 1. The highest BCUT2D eigenvalue weighted by Gasteiger charge is 2.59. The van der Waals surface area contributed by atoms with Gasteiger partial charge in [0.2, 0.25) is 0 Å². The second-order valence-corrected chi connectivity index (χ2v) is 7.76. The quantitative estimate of drug-likeness (QED) is 0.467. The Morgan fingerprint density at radius 1 is 1.30 bits per heavy atom. The number of carbonyl (C=O) groups is 1. The van der Waals surface area contributed by atoms with E-state index in [9.17, 15) is 9.18 Å². The van der Waals surface area contributed by atoms with E-state index in [0.717, 1.165) is 22.9 Å². The number of halogens is 2. The number of epoxide rings is 1. The Morgan fingerprint density at radius 3 is 2.74 bits per heavy atom. The Bertz CT molecular complexity index is 995. The molecule has 1 fully saturated rings. The molecule has 0 unspecified atom stereocenters. The molecule has 1 saturated heterocycles. The van der Waals surface area contributed by atoms with E-state index < -0.39 is 5.60 Å². The van der Waals surface area contributed by atoms with Gasteiger partial charge in [-0.3, -0.25) is 4.79 Å². The highest BCUT2D eigenvalue weighted by Crippen LogP contribution is 2.59. The molecular weight excluding hydrogens is 389 g/mol. The summed E-state index contributed by atoms with van der Waals surface area (Å²) in [5, 5.41) is 5.23. The molecule has 0 saturated carbocycles. The van der Waals surface area contributed by atoms with Gasteiger partial charge >= 0.3 is 0 Å². The predicted molar refractivity (Wildman–Crippen MR) is 99.9 cm³/mol. The molecule has 0 amide bonds. The summed E-state index contributed by atoms with van der Waals surface area (Å²) in [6.07, 6.45) is 1.09. The van der Waals surface area contributed by atoms with Crippen LogP contribution in [0, 0.1) is 5.82 Å². The van der Waals surface area contributed by atoms with Crippen LogP contribution in [0.1, 0.15) is 24.2 Å². The van der Waals surface area contributed by atoms with E-state index in [1.165, 1.54) is 25.4 Å². The van der Waals surface area contributed by atoms with Gasteiger partial charge in [0.1, 0.15) is 23.8 Å². The van der Waals surface area contributed by atoms with Crippen LogP contribution in [-0.2, 0) is 21.7 Å². The normalized spacial score (nSPS) is 21.2. The molecule has 0 bridgehead atoms. The topological polar surface area (TPSA) is 60.3 Å². The first-order valence-electron chi connectivity index (χ1n) is 8.24. The van der Waals surface area contributed by atoms with Crippen molar-refractivity contribution in [2.45, 2.75) is 30.3 Å². The molecule has 0 spiro atoms. The maximum absolute atomic E-state index is 13.4. The molecule has 3 aromatic rings. The zero-order valence-corrected chi connectivity index (χ0v) is 15.9. The molecule has 27 heavy (non-hydrogen) atoms. The number of ether oxygens (including phenoxy) is 1. The molecule has 0 N–H and O–H groups in total. The lowest BCUT2D eigenvalue weighted by Crippen LogP contribution is -2.21. The predicted octanol–water partition coefficient (Wildman–Crippen LogP) is 4.38. The van der Waals surface area contributed by atoms with Crippen molar-refractivity contribution >= 4 is 28.5 Å². The van der Waals surface area contributed by atoms with Crippen molar-refractivity contribution in [3.8, 4) is 0 Å². The lowest BCUT2D eigenvalue weighted by molar-refractivity contribution is -0.109. The van der Waals surface area contributed by atoms with E-state index in [4.69, 9.17) is 16.3 Å². The number of rotatable bonds is 5. The van der Waals surface area contributed by atoms with E-state index in [2.05, 4.69) is 10.1 Å². The largest absolute Gasteiger partial charge is 0.354 e. The van der Waals surface area contributed by atoms with Gasteiger partial charge in [-0.25, -0.2) is 14.1 Å². The molecule has 0 aliphatic carbocycles. The van der Waals surface area contributed by atoms with E-state index >= 15 is 0 Å². The molecule has 1 aliphatic heterocycles. The lowest BCUT2D eigenvalue weighted by atomic mass is 9.91. The lowest BCUT2D eigenvalue weighted by Gasteiger charge is -2.15. The fraction of sp³-hybridized carbons (Fsp3) is 0.211. The SMILES string of the molecule is CC(=O)Sc1ncnn1C[C@@]1(c2ccc(F)cc2)O[C@@H]1c1ccccc1Cl. The van der Waals surface area contributed by atoms with Crippen LogP contribution >= 0.6 is 23.4 Å². The van der Waals surface area contributed by atoms with Crippen molar-refractivity contribution in [2.24, 2.45) is 0 Å². The second kappa shape index (κ2) is 7.07. The third-order valence-electron chi connectivity index (χ3n) is 4.41. The van der Waals surface area contributed by atoms with Gasteiger partial charge in [-0.1, -0.05) is 41.9 Å². The van der Waals surface area contributed by atoms with Crippen molar-refractivity contribution in [2.75, 3.05) is 0 Å². The fourth-order valence-electron chi connectivity index (χ4n) is 3.13. The number of nitrogens with zero attached hydrogens (tertiary/aromatic N) is 3. The van der Waals surface area contributed by atoms with Gasteiger partial charge in [-0.2, -0.15) is 5.10 Å². The number of hydrogen-bond donors (Lipinski definition) is 0. The maximum atomic E-state index is 13.4. The van der Waals surface area contributed by atoms with Crippen LogP contribution in [0.2, 0.25) is 5.02 Å². The fourth-order valence-corrected chi connectivity index (χ4v) is 3.94. The van der Waals surface area contributed by atoms with E-state index in [1.807, 2.05) is 18.2 Å². The van der Waals surface area contributed by atoms with Crippen molar-refractivity contribution in [1.82, 2.24) is 14.8 Å². The van der Waals surface area contributed by atoms with Gasteiger partial charge in [-0.15, -0.1) is 0 Å². The molecule has 2 heterocycles.